The minimum atomic E-state index is 0.546. The molecular weight excluding hydrogens is 334 g/mol. The van der Waals surface area contributed by atoms with Crippen LogP contribution in [0.25, 0.3) is 0 Å². The molecule has 0 aromatic heterocycles. The van der Waals surface area contributed by atoms with E-state index in [1.54, 1.807) is 0 Å². The van der Waals surface area contributed by atoms with Gasteiger partial charge in [-0.2, -0.15) is 0 Å². The van der Waals surface area contributed by atoms with Crippen LogP contribution in [0.15, 0.2) is 29.3 Å². The third-order valence-corrected chi connectivity index (χ3v) is 5.98. The lowest BCUT2D eigenvalue weighted by Gasteiger charge is -2.35. The van der Waals surface area contributed by atoms with Crippen LogP contribution in [-0.4, -0.2) is 67.6 Å². The molecule has 27 heavy (non-hydrogen) atoms. The Labute approximate surface area is 165 Å². The second kappa shape index (κ2) is 10.1. The van der Waals surface area contributed by atoms with Crippen molar-refractivity contribution in [1.29, 1.82) is 0 Å². The third kappa shape index (κ3) is 5.94. The molecule has 1 aromatic rings. The van der Waals surface area contributed by atoms with Crippen molar-refractivity contribution in [1.82, 2.24) is 20.4 Å². The number of aliphatic imine (C=N–C) groups is 1. The number of hydrogen-bond acceptors (Lipinski definition) is 3. The molecular formula is C22H37N5. The number of fused-ring (bicyclic) bond motifs is 1. The van der Waals surface area contributed by atoms with Crippen LogP contribution in [0.1, 0.15) is 44.2 Å². The Hall–Kier alpha value is -1.59. The third-order valence-electron chi connectivity index (χ3n) is 5.98. The lowest BCUT2D eigenvalue weighted by Crippen LogP contribution is -2.50. The Balaban J connectivity index is 1.33. The first-order chi connectivity index (χ1) is 13.2. The topological polar surface area (TPSA) is 42.9 Å². The highest BCUT2D eigenvalue weighted by atomic mass is 15.2. The number of hydrogen-bond donors (Lipinski definition) is 2. The SMILES string of the molecule is CN=C(NCCCN1CCc2ccccc2C1)NC1CCN(C(C)C)CC1. The van der Waals surface area contributed by atoms with Crippen LogP contribution in [0.4, 0.5) is 0 Å². The maximum Gasteiger partial charge on any atom is 0.191 e. The van der Waals surface area contributed by atoms with E-state index < -0.39 is 0 Å². The molecule has 2 N–H and O–H groups in total. The van der Waals surface area contributed by atoms with E-state index in [4.69, 9.17) is 0 Å². The smallest absolute Gasteiger partial charge is 0.191 e. The lowest BCUT2D eigenvalue weighted by molar-refractivity contribution is 0.167. The van der Waals surface area contributed by atoms with Crippen molar-refractivity contribution in [3.05, 3.63) is 35.4 Å². The Morgan fingerprint density at radius 2 is 1.89 bits per heavy atom. The fraction of sp³-hybridized carbons (Fsp3) is 0.682. The average molecular weight is 372 g/mol. The monoisotopic (exact) mass is 371 g/mol. The molecule has 0 saturated carbocycles. The molecule has 5 heteroatoms. The second-order valence-electron chi connectivity index (χ2n) is 8.20. The molecule has 2 heterocycles. The van der Waals surface area contributed by atoms with Gasteiger partial charge >= 0.3 is 0 Å². The first kappa shape index (κ1) is 20.2. The standard InChI is InChI=1S/C22H37N5/c1-18(2)27-15-10-21(11-16-27)25-22(23-3)24-12-6-13-26-14-9-19-7-4-5-8-20(19)17-26/h4-5,7-8,18,21H,6,9-17H2,1-3H3,(H2,23,24,25). The maximum atomic E-state index is 4.42. The molecule has 5 nitrogen and oxygen atoms in total. The number of piperidine rings is 1. The number of likely N-dealkylation sites (tertiary alicyclic amines) is 1. The van der Waals surface area contributed by atoms with E-state index in [1.165, 1.54) is 50.0 Å². The molecule has 1 aromatic carbocycles. The van der Waals surface area contributed by atoms with Crippen molar-refractivity contribution in [2.75, 3.05) is 39.8 Å². The zero-order valence-electron chi connectivity index (χ0n) is 17.4. The highest BCUT2D eigenvalue weighted by Crippen LogP contribution is 2.18. The van der Waals surface area contributed by atoms with Gasteiger partial charge in [0.1, 0.15) is 0 Å². The van der Waals surface area contributed by atoms with Gasteiger partial charge in [0.25, 0.3) is 0 Å². The predicted molar refractivity (Wildman–Crippen MR) is 114 cm³/mol. The summed E-state index contributed by atoms with van der Waals surface area (Å²) in [6.07, 6.45) is 4.73. The largest absolute Gasteiger partial charge is 0.356 e. The fourth-order valence-corrected chi connectivity index (χ4v) is 4.20. The van der Waals surface area contributed by atoms with Crippen molar-refractivity contribution in [3.63, 3.8) is 0 Å². The molecule has 2 aliphatic heterocycles. The van der Waals surface area contributed by atoms with Crippen LogP contribution >= 0.6 is 0 Å². The molecule has 150 valence electrons. The van der Waals surface area contributed by atoms with E-state index >= 15 is 0 Å². The summed E-state index contributed by atoms with van der Waals surface area (Å²) in [4.78, 5) is 9.55. The summed E-state index contributed by atoms with van der Waals surface area (Å²) in [7, 11) is 1.88. The van der Waals surface area contributed by atoms with Crippen LogP contribution in [0.3, 0.4) is 0 Å². The molecule has 3 rings (SSSR count). The van der Waals surface area contributed by atoms with Gasteiger partial charge in [0.2, 0.25) is 0 Å². The highest BCUT2D eigenvalue weighted by molar-refractivity contribution is 5.79. The number of nitrogens with one attached hydrogen (secondary N) is 2. The van der Waals surface area contributed by atoms with E-state index in [0.29, 0.717) is 12.1 Å². The van der Waals surface area contributed by atoms with Crippen molar-refractivity contribution < 1.29 is 0 Å². The van der Waals surface area contributed by atoms with Gasteiger partial charge in [0, 0.05) is 58.4 Å². The number of nitrogens with zero attached hydrogens (tertiary/aromatic N) is 3. The quantitative estimate of drug-likeness (QED) is 0.458. The molecule has 0 atom stereocenters. The lowest BCUT2D eigenvalue weighted by atomic mass is 10.00. The van der Waals surface area contributed by atoms with E-state index in [-0.39, 0.29) is 0 Å². The molecule has 2 aliphatic rings. The molecule has 0 aliphatic carbocycles. The fourth-order valence-electron chi connectivity index (χ4n) is 4.20. The minimum Gasteiger partial charge on any atom is -0.356 e. The normalized spacial score (nSPS) is 19.9. The highest BCUT2D eigenvalue weighted by Gasteiger charge is 2.21. The van der Waals surface area contributed by atoms with Crippen LogP contribution in [0, 0.1) is 0 Å². The van der Waals surface area contributed by atoms with Gasteiger partial charge in [0.15, 0.2) is 5.96 Å². The van der Waals surface area contributed by atoms with Gasteiger partial charge in [-0.1, -0.05) is 24.3 Å². The zero-order chi connectivity index (χ0) is 19.1. The van der Waals surface area contributed by atoms with E-state index in [0.717, 1.165) is 32.0 Å². The molecule has 1 fully saturated rings. The maximum absolute atomic E-state index is 4.42. The van der Waals surface area contributed by atoms with Crippen LogP contribution < -0.4 is 10.6 Å². The zero-order valence-corrected chi connectivity index (χ0v) is 17.4. The number of guanidine groups is 1. The van der Waals surface area contributed by atoms with Crippen molar-refractivity contribution in [2.24, 2.45) is 4.99 Å². The first-order valence-electron chi connectivity index (χ1n) is 10.7. The molecule has 0 amide bonds. The summed E-state index contributed by atoms with van der Waals surface area (Å²) in [5, 5.41) is 7.12. The van der Waals surface area contributed by atoms with E-state index in [2.05, 4.69) is 63.5 Å². The molecule has 0 unspecified atom stereocenters. The van der Waals surface area contributed by atoms with Gasteiger partial charge in [-0.05, 0) is 50.7 Å². The number of benzene rings is 1. The van der Waals surface area contributed by atoms with Crippen molar-refractivity contribution >= 4 is 5.96 Å². The number of rotatable bonds is 6. The Bertz CT molecular complexity index is 604. The van der Waals surface area contributed by atoms with Gasteiger partial charge in [-0.25, -0.2) is 0 Å². The average Bonchev–Trinajstić information content (AvgIpc) is 2.70. The Morgan fingerprint density at radius 1 is 1.15 bits per heavy atom. The van der Waals surface area contributed by atoms with Crippen LogP contribution in [0.2, 0.25) is 0 Å². The Kier molecular flexibility index (Phi) is 7.53. The molecule has 0 bridgehead atoms. The van der Waals surface area contributed by atoms with Gasteiger partial charge in [-0.3, -0.25) is 9.89 Å². The van der Waals surface area contributed by atoms with Gasteiger partial charge in [-0.15, -0.1) is 0 Å². The Morgan fingerprint density at radius 3 is 2.59 bits per heavy atom. The summed E-state index contributed by atoms with van der Waals surface area (Å²) in [5.41, 5.74) is 3.03. The van der Waals surface area contributed by atoms with Gasteiger partial charge in [0.05, 0.1) is 0 Å². The summed E-state index contributed by atoms with van der Waals surface area (Å²) in [6.45, 7) is 11.3. The second-order valence-corrected chi connectivity index (χ2v) is 8.20. The first-order valence-corrected chi connectivity index (χ1v) is 10.7. The van der Waals surface area contributed by atoms with Crippen LogP contribution in [0.5, 0.6) is 0 Å². The van der Waals surface area contributed by atoms with Crippen molar-refractivity contribution in [3.8, 4) is 0 Å². The molecule has 0 radical (unpaired) electrons. The van der Waals surface area contributed by atoms with E-state index in [1.807, 2.05) is 7.05 Å². The summed E-state index contributed by atoms with van der Waals surface area (Å²) in [6, 6.07) is 10.1. The van der Waals surface area contributed by atoms with E-state index in [9.17, 15) is 0 Å². The van der Waals surface area contributed by atoms with Gasteiger partial charge < -0.3 is 15.5 Å². The van der Waals surface area contributed by atoms with Crippen molar-refractivity contribution in [2.45, 2.75) is 58.2 Å². The molecule has 1 saturated heterocycles. The minimum absolute atomic E-state index is 0.546. The summed E-state index contributed by atoms with van der Waals surface area (Å²) < 4.78 is 0. The predicted octanol–water partition coefficient (Wildman–Crippen LogP) is 2.47. The molecule has 0 spiro atoms. The van der Waals surface area contributed by atoms with Crippen LogP contribution in [-0.2, 0) is 13.0 Å². The summed E-state index contributed by atoms with van der Waals surface area (Å²) in [5.74, 6) is 0.960. The summed E-state index contributed by atoms with van der Waals surface area (Å²) >= 11 is 0.